The summed E-state index contributed by atoms with van der Waals surface area (Å²) in [7, 11) is 0. The van der Waals surface area contributed by atoms with Crippen molar-refractivity contribution in [2.24, 2.45) is 11.3 Å². The third kappa shape index (κ3) is 3.43. The van der Waals surface area contributed by atoms with Crippen LogP contribution >= 0.6 is 0 Å². The van der Waals surface area contributed by atoms with Gasteiger partial charge >= 0.3 is 0 Å². The van der Waals surface area contributed by atoms with E-state index >= 15 is 0 Å². The lowest BCUT2D eigenvalue weighted by atomic mass is 9.93. The number of hydrogen-bond acceptors (Lipinski definition) is 3. The molecule has 1 spiro atoms. The van der Waals surface area contributed by atoms with Crippen molar-refractivity contribution in [3.8, 4) is 5.75 Å². The third-order valence-corrected chi connectivity index (χ3v) is 5.03. The van der Waals surface area contributed by atoms with Crippen LogP contribution in [0.4, 0.5) is 0 Å². The number of rotatable bonds is 6. The van der Waals surface area contributed by atoms with E-state index in [4.69, 9.17) is 9.47 Å². The highest BCUT2D eigenvalue weighted by atomic mass is 16.5. The third-order valence-electron chi connectivity index (χ3n) is 5.03. The minimum absolute atomic E-state index is 0.0743. The molecule has 1 heterocycles. The molecule has 1 aromatic carbocycles. The number of hydrogen-bond donors (Lipinski definition) is 1. The Balaban J connectivity index is 1.47. The zero-order valence-electron chi connectivity index (χ0n) is 13.2. The van der Waals surface area contributed by atoms with E-state index in [2.05, 4.69) is 12.2 Å². The van der Waals surface area contributed by atoms with Crippen molar-refractivity contribution in [1.82, 2.24) is 5.32 Å². The van der Waals surface area contributed by atoms with Gasteiger partial charge in [0, 0.05) is 19.1 Å². The topological polar surface area (TPSA) is 47.6 Å². The molecule has 22 heavy (non-hydrogen) atoms. The van der Waals surface area contributed by atoms with Crippen LogP contribution < -0.4 is 10.1 Å². The Kier molecular flexibility index (Phi) is 4.67. The van der Waals surface area contributed by atoms with Crippen molar-refractivity contribution in [3.05, 3.63) is 30.3 Å². The molecule has 0 radical (unpaired) electrons. The molecule has 1 aliphatic carbocycles. The van der Waals surface area contributed by atoms with Gasteiger partial charge in [-0.2, -0.15) is 0 Å². The zero-order valence-corrected chi connectivity index (χ0v) is 13.2. The molecule has 1 aromatic rings. The maximum absolute atomic E-state index is 12.5. The number of ether oxygens (including phenoxy) is 2. The molecule has 4 heteroatoms. The summed E-state index contributed by atoms with van der Waals surface area (Å²) in [5, 5.41) is 3.17. The minimum Gasteiger partial charge on any atom is -0.491 e. The van der Waals surface area contributed by atoms with Gasteiger partial charge in [0.05, 0.1) is 6.04 Å². The fourth-order valence-corrected chi connectivity index (χ4v) is 3.33. The van der Waals surface area contributed by atoms with Gasteiger partial charge in [-0.05, 0) is 43.2 Å². The highest BCUT2D eigenvalue weighted by Gasteiger charge is 2.58. The molecule has 1 amide bonds. The largest absolute Gasteiger partial charge is 0.491 e. The minimum atomic E-state index is 0.0743. The summed E-state index contributed by atoms with van der Waals surface area (Å²) in [5.41, 5.74) is 0.237. The first-order valence-corrected chi connectivity index (χ1v) is 8.29. The average Bonchev–Trinajstić information content (AvgIpc) is 3.26. The molecule has 1 aliphatic heterocycles. The van der Waals surface area contributed by atoms with Gasteiger partial charge in [-0.25, -0.2) is 0 Å². The zero-order chi connectivity index (χ0) is 15.4. The lowest BCUT2D eigenvalue weighted by molar-refractivity contribution is -0.124. The first kappa shape index (κ1) is 15.3. The molecule has 2 aliphatic rings. The number of carbonyl (C=O) groups is 1. The summed E-state index contributed by atoms with van der Waals surface area (Å²) in [6, 6.07) is 9.82. The van der Waals surface area contributed by atoms with Crippen LogP contribution in [0.2, 0.25) is 0 Å². The Hall–Kier alpha value is -1.55. The summed E-state index contributed by atoms with van der Waals surface area (Å²) in [5.74, 6) is 1.23. The van der Waals surface area contributed by atoms with Gasteiger partial charge in [-0.3, -0.25) is 4.79 Å². The van der Waals surface area contributed by atoms with E-state index in [0.29, 0.717) is 6.61 Å². The first-order chi connectivity index (χ1) is 10.7. The molecule has 0 bridgehead atoms. The second-order valence-electron chi connectivity index (χ2n) is 6.47. The maximum atomic E-state index is 12.5. The van der Waals surface area contributed by atoms with Crippen LogP contribution in [0.5, 0.6) is 5.75 Å². The first-order valence-electron chi connectivity index (χ1n) is 8.29. The number of amides is 1. The number of carbonyl (C=O) groups excluding carboxylic acids is 1. The van der Waals surface area contributed by atoms with E-state index in [-0.39, 0.29) is 23.3 Å². The Labute approximate surface area is 132 Å². The van der Waals surface area contributed by atoms with Gasteiger partial charge in [0.25, 0.3) is 0 Å². The van der Waals surface area contributed by atoms with Crippen LogP contribution in [-0.4, -0.2) is 31.8 Å². The van der Waals surface area contributed by atoms with E-state index < -0.39 is 0 Å². The second-order valence-corrected chi connectivity index (χ2v) is 6.47. The smallest absolute Gasteiger partial charge is 0.224 e. The van der Waals surface area contributed by atoms with E-state index in [1.807, 2.05) is 30.3 Å². The van der Waals surface area contributed by atoms with Crippen molar-refractivity contribution in [2.45, 2.75) is 38.6 Å². The van der Waals surface area contributed by atoms with Gasteiger partial charge in [0.2, 0.25) is 5.91 Å². The Morgan fingerprint density at radius 3 is 2.77 bits per heavy atom. The van der Waals surface area contributed by atoms with Gasteiger partial charge in [0.1, 0.15) is 12.4 Å². The van der Waals surface area contributed by atoms with Crippen LogP contribution in [0.1, 0.15) is 32.6 Å². The molecule has 120 valence electrons. The SMILES string of the molecule is CC[C@H](COc1ccccc1)NC(=O)[C@@H]1CC12CCOCC2. The highest BCUT2D eigenvalue weighted by Crippen LogP contribution is 2.59. The fraction of sp³-hybridized carbons (Fsp3) is 0.611. The summed E-state index contributed by atoms with van der Waals surface area (Å²) in [4.78, 5) is 12.5. The summed E-state index contributed by atoms with van der Waals surface area (Å²) >= 11 is 0. The van der Waals surface area contributed by atoms with Crippen molar-refractivity contribution in [3.63, 3.8) is 0 Å². The van der Waals surface area contributed by atoms with Crippen LogP contribution in [0.3, 0.4) is 0 Å². The molecule has 0 unspecified atom stereocenters. The summed E-state index contributed by atoms with van der Waals surface area (Å²) < 4.78 is 11.2. The second kappa shape index (κ2) is 6.69. The maximum Gasteiger partial charge on any atom is 0.224 e. The van der Waals surface area contributed by atoms with Gasteiger partial charge in [-0.15, -0.1) is 0 Å². The van der Waals surface area contributed by atoms with Crippen molar-refractivity contribution >= 4 is 5.91 Å². The van der Waals surface area contributed by atoms with E-state index in [9.17, 15) is 4.79 Å². The van der Waals surface area contributed by atoms with Crippen LogP contribution in [0, 0.1) is 11.3 Å². The predicted molar refractivity (Wildman–Crippen MR) is 84.8 cm³/mol. The van der Waals surface area contributed by atoms with E-state index in [1.165, 1.54) is 0 Å². The highest BCUT2D eigenvalue weighted by molar-refractivity contribution is 5.82. The van der Waals surface area contributed by atoms with Crippen molar-refractivity contribution < 1.29 is 14.3 Å². The monoisotopic (exact) mass is 303 g/mol. The van der Waals surface area contributed by atoms with Gasteiger partial charge in [0.15, 0.2) is 0 Å². The Morgan fingerprint density at radius 1 is 1.36 bits per heavy atom. The van der Waals surface area contributed by atoms with E-state index in [0.717, 1.165) is 44.6 Å². The molecule has 0 aromatic heterocycles. The number of benzene rings is 1. The fourth-order valence-electron chi connectivity index (χ4n) is 3.33. The predicted octanol–water partition coefficient (Wildman–Crippen LogP) is 2.78. The van der Waals surface area contributed by atoms with Crippen LogP contribution in [0.15, 0.2) is 30.3 Å². The van der Waals surface area contributed by atoms with Gasteiger partial charge < -0.3 is 14.8 Å². The van der Waals surface area contributed by atoms with Crippen molar-refractivity contribution in [1.29, 1.82) is 0 Å². The Morgan fingerprint density at radius 2 is 2.09 bits per heavy atom. The molecular weight excluding hydrogens is 278 g/mol. The molecule has 1 saturated carbocycles. The summed E-state index contributed by atoms with van der Waals surface area (Å²) in [6.45, 7) is 4.21. The molecule has 1 N–H and O–H groups in total. The van der Waals surface area contributed by atoms with Crippen LogP contribution in [-0.2, 0) is 9.53 Å². The average molecular weight is 303 g/mol. The summed E-state index contributed by atoms with van der Waals surface area (Å²) in [6.07, 6.45) is 3.96. The lowest BCUT2D eigenvalue weighted by Crippen LogP contribution is -2.40. The molecule has 2 atom stereocenters. The molecule has 1 saturated heterocycles. The molecule has 2 fully saturated rings. The standard InChI is InChI=1S/C18H25NO3/c1-2-14(13-22-15-6-4-3-5-7-15)19-17(20)16-12-18(16)8-10-21-11-9-18/h3-7,14,16H,2,8-13H2,1H3,(H,19,20)/t14-,16+/m1/s1. The van der Waals surface area contributed by atoms with Crippen LogP contribution in [0.25, 0.3) is 0 Å². The van der Waals surface area contributed by atoms with Crippen molar-refractivity contribution in [2.75, 3.05) is 19.8 Å². The lowest BCUT2D eigenvalue weighted by Gasteiger charge is -2.23. The normalized spacial score (nSPS) is 23.8. The number of para-hydroxylation sites is 1. The van der Waals surface area contributed by atoms with E-state index in [1.54, 1.807) is 0 Å². The molecular formula is C18H25NO3. The number of nitrogens with one attached hydrogen (secondary N) is 1. The molecule has 4 nitrogen and oxygen atoms in total. The quantitative estimate of drug-likeness (QED) is 0.879. The Bertz CT molecular complexity index is 496. The molecule has 3 rings (SSSR count). The van der Waals surface area contributed by atoms with Gasteiger partial charge in [-0.1, -0.05) is 25.1 Å².